The van der Waals surface area contributed by atoms with Gasteiger partial charge in [-0.2, -0.15) is 5.10 Å². The second-order valence-corrected chi connectivity index (χ2v) is 9.54. The van der Waals surface area contributed by atoms with E-state index in [9.17, 15) is 4.79 Å². The molecule has 8 nitrogen and oxygen atoms in total. The maximum atomic E-state index is 12.4. The van der Waals surface area contributed by atoms with Gasteiger partial charge in [-0.25, -0.2) is 9.97 Å². The van der Waals surface area contributed by atoms with Crippen molar-refractivity contribution >= 4 is 44.2 Å². The van der Waals surface area contributed by atoms with Crippen LogP contribution in [0.4, 0.5) is 5.82 Å². The number of ether oxygens (including phenoxy) is 1. The Bertz CT molecular complexity index is 1490. The lowest BCUT2D eigenvalue weighted by molar-refractivity contribution is 0.0954. The monoisotopic (exact) mass is 484 g/mol. The van der Waals surface area contributed by atoms with Crippen molar-refractivity contribution < 1.29 is 9.53 Å². The third-order valence-corrected chi connectivity index (χ3v) is 7.31. The first-order valence-corrected chi connectivity index (χ1v) is 12.5. The summed E-state index contributed by atoms with van der Waals surface area (Å²) in [4.78, 5) is 25.8. The Balaban J connectivity index is 1.32. The molecule has 0 aliphatic carbocycles. The molecule has 176 valence electrons. The van der Waals surface area contributed by atoms with Crippen LogP contribution >= 0.6 is 11.3 Å². The van der Waals surface area contributed by atoms with Crippen molar-refractivity contribution in [1.29, 1.82) is 0 Å². The van der Waals surface area contributed by atoms with E-state index in [2.05, 4.69) is 26.5 Å². The van der Waals surface area contributed by atoms with Crippen LogP contribution < -0.4 is 10.2 Å². The van der Waals surface area contributed by atoms with E-state index in [1.54, 1.807) is 11.3 Å². The first-order valence-electron chi connectivity index (χ1n) is 11.6. The van der Waals surface area contributed by atoms with Gasteiger partial charge in [0.05, 0.1) is 35.1 Å². The standard InChI is InChI=1S/C26H24N6O2S/c33-26(17-5-2-1-3-6-17)27-10-9-18-15-22-23(35-18)25(32-11-13-34-14-12-32)30-24(29-22)19-7-4-8-21-20(19)16-28-31-21/h1-8,15-16H,9-14H2,(H,27,33)(H,28,31). The summed E-state index contributed by atoms with van der Waals surface area (Å²) in [6, 6.07) is 17.4. The van der Waals surface area contributed by atoms with Crippen LogP contribution in [0.15, 0.2) is 60.8 Å². The van der Waals surface area contributed by atoms with Gasteiger partial charge in [0.1, 0.15) is 0 Å². The summed E-state index contributed by atoms with van der Waals surface area (Å²) in [7, 11) is 0. The number of amides is 1. The molecule has 0 atom stereocenters. The number of hydrogen-bond acceptors (Lipinski definition) is 7. The van der Waals surface area contributed by atoms with Gasteiger partial charge in [0.2, 0.25) is 0 Å². The van der Waals surface area contributed by atoms with Crippen LogP contribution in [0.25, 0.3) is 32.5 Å². The molecule has 2 aromatic carbocycles. The third-order valence-electron chi connectivity index (χ3n) is 6.13. The molecule has 0 spiro atoms. The number of carbonyl (C=O) groups is 1. The molecule has 1 fully saturated rings. The number of nitrogens with zero attached hydrogens (tertiary/aromatic N) is 4. The van der Waals surface area contributed by atoms with Crippen LogP contribution in [-0.4, -0.2) is 58.9 Å². The van der Waals surface area contributed by atoms with E-state index in [0.717, 1.165) is 56.9 Å². The second kappa shape index (κ2) is 9.44. The van der Waals surface area contributed by atoms with Gasteiger partial charge in [0.25, 0.3) is 5.91 Å². The van der Waals surface area contributed by atoms with Crippen LogP contribution in [0.2, 0.25) is 0 Å². The fraction of sp³-hybridized carbons (Fsp3) is 0.231. The summed E-state index contributed by atoms with van der Waals surface area (Å²) in [5.41, 5.74) is 3.50. The van der Waals surface area contributed by atoms with E-state index in [4.69, 9.17) is 14.7 Å². The summed E-state index contributed by atoms with van der Waals surface area (Å²) < 4.78 is 6.65. The van der Waals surface area contributed by atoms with Gasteiger partial charge in [0, 0.05) is 41.0 Å². The number of fused-ring (bicyclic) bond motifs is 2. The zero-order chi connectivity index (χ0) is 23.6. The number of anilines is 1. The lowest BCUT2D eigenvalue weighted by Gasteiger charge is -2.28. The van der Waals surface area contributed by atoms with E-state index in [0.29, 0.717) is 31.1 Å². The van der Waals surface area contributed by atoms with Crippen LogP contribution in [0.3, 0.4) is 0 Å². The molecule has 0 radical (unpaired) electrons. The lowest BCUT2D eigenvalue weighted by atomic mass is 10.1. The second-order valence-electron chi connectivity index (χ2n) is 8.41. The average molecular weight is 485 g/mol. The molecule has 1 amide bonds. The molecule has 2 N–H and O–H groups in total. The zero-order valence-corrected chi connectivity index (χ0v) is 19.8. The fourth-order valence-corrected chi connectivity index (χ4v) is 5.46. The Morgan fingerprint density at radius 3 is 2.80 bits per heavy atom. The summed E-state index contributed by atoms with van der Waals surface area (Å²) in [6.07, 6.45) is 2.55. The molecule has 0 unspecified atom stereocenters. The number of carbonyl (C=O) groups excluding carboxylic acids is 1. The molecular weight excluding hydrogens is 460 g/mol. The van der Waals surface area contributed by atoms with E-state index in [1.165, 1.54) is 0 Å². The number of aromatic nitrogens is 4. The van der Waals surface area contributed by atoms with E-state index in [1.807, 2.05) is 54.7 Å². The van der Waals surface area contributed by atoms with Crippen molar-refractivity contribution in [3.8, 4) is 11.4 Å². The number of nitrogens with one attached hydrogen (secondary N) is 2. The molecule has 4 heterocycles. The van der Waals surface area contributed by atoms with Gasteiger partial charge in [-0.1, -0.05) is 30.3 Å². The molecular formula is C26H24N6O2S. The number of hydrogen-bond donors (Lipinski definition) is 2. The number of rotatable bonds is 6. The van der Waals surface area contributed by atoms with Crippen molar-refractivity contribution in [2.45, 2.75) is 6.42 Å². The normalized spacial score (nSPS) is 14.0. The molecule has 3 aromatic heterocycles. The van der Waals surface area contributed by atoms with Crippen molar-refractivity contribution in [3.05, 3.63) is 71.2 Å². The Kier molecular flexibility index (Phi) is 5.85. The van der Waals surface area contributed by atoms with Gasteiger partial charge < -0.3 is 15.0 Å². The number of H-pyrrole nitrogens is 1. The van der Waals surface area contributed by atoms with Gasteiger partial charge in [0.15, 0.2) is 11.6 Å². The fourth-order valence-electron chi connectivity index (χ4n) is 4.35. The van der Waals surface area contributed by atoms with Gasteiger partial charge in [-0.05, 0) is 30.7 Å². The van der Waals surface area contributed by atoms with Crippen LogP contribution in [-0.2, 0) is 11.2 Å². The number of benzene rings is 2. The Morgan fingerprint density at radius 1 is 1.09 bits per heavy atom. The molecule has 6 rings (SSSR count). The predicted molar refractivity (Wildman–Crippen MR) is 138 cm³/mol. The Labute approximate surface area is 206 Å². The highest BCUT2D eigenvalue weighted by Gasteiger charge is 2.21. The van der Waals surface area contributed by atoms with E-state index in [-0.39, 0.29) is 5.91 Å². The highest BCUT2D eigenvalue weighted by atomic mass is 32.1. The summed E-state index contributed by atoms with van der Waals surface area (Å²) in [6.45, 7) is 3.51. The maximum Gasteiger partial charge on any atom is 0.251 e. The largest absolute Gasteiger partial charge is 0.378 e. The minimum atomic E-state index is -0.0593. The zero-order valence-electron chi connectivity index (χ0n) is 19.0. The average Bonchev–Trinajstić information content (AvgIpc) is 3.56. The summed E-state index contributed by atoms with van der Waals surface area (Å²) in [5.74, 6) is 1.57. The molecule has 1 aliphatic rings. The van der Waals surface area contributed by atoms with Crippen molar-refractivity contribution in [2.24, 2.45) is 0 Å². The smallest absolute Gasteiger partial charge is 0.251 e. The first-order chi connectivity index (χ1) is 17.3. The van der Waals surface area contributed by atoms with Crippen molar-refractivity contribution in [2.75, 3.05) is 37.7 Å². The van der Waals surface area contributed by atoms with E-state index >= 15 is 0 Å². The van der Waals surface area contributed by atoms with Crippen LogP contribution in [0.5, 0.6) is 0 Å². The number of morpholine rings is 1. The molecule has 0 saturated carbocycles. The first kappa shape index (κ1) is 21.7. The highest BCUT2D eigenvalue weighted by Crippen LogP contribution is 2.36. The molecule has 35 heavy (non-hydrogen) atoms. The van der Waals surface area contributed by atoms with Crippen LogP contribution in [0.1, 0.15) is 15.2 Å². The van der Waals surface area contributed by atoms with Crippen LogP contribution in [0, 0.1) is 0 Å². The predicted octanol–water partition coefficient (Wildman–Crippen LogP) is 4.04. The lowest BCUT2D eigenvalue weighted by Crippen LogP contribution is -2.36. The summed E-state index contributed by atoms with van der Waals surface area (Å²) >= 11 is 1.70. The van der Waals surface area contributed by atoms with Gasteiger partial charge in [-0.15, -0.1) is 11.3 Å². The quantitative estimate of drug-likeness (QED) is 0.378. The van der Waals surface area contributed by atoms with Crippen molar-refractivity contribution in [1.82, 2.24) is 25.5 Å². The summed E-state index contributed by atoms with van der Waals surface area (Å²) in [5, 5.41) is 11.2. The number of thiophene rings is 1. The topological polar surface area (TPSA) is 96.0 Å². The molecule has 1 aliphatic heterocycles. The highest BCUT2D eigenvalue weighted by molar-refractivity contribution is 7.19. The number of aromatic amines is 1. The maximum absolute atomic E-state index is 12.4. The third kappa shape index (κ3) is 4.36. The Morgan fingerprint density at radius 2 is 1.94 bits per heavy atom. The van der Waals surface area contributed by atoms with Gasteiger partial charge in [-0.3, -0.25) is 9.89 Å². The van der Waals surface area contributed by atoms with Gasteiger partial charge >= 0.3 is 0 Å². The minimum Gasteiger partial charge on any atom is -0.378 e. The van der Waals surface area contributed by atoms with E-state index < -0.39 is 0 Å². The molecule has 1 saturated heterocycles. The molecule has 9 heteroatoms. The SMILES string of the molecule is O=C(NCCc1cc2nc(-c3cccc4[nH]ncc34)nc(N3CCOCC3)c2s1)c1ccccc1. The molecule has 0 bridgehead atoms. The Hall–Kier alpha value is -3.82. The minimum absolute atomic E-state index is 0.0593. The molecule has 5 aromatic rings. The van der Waals surface area contributed by atoms with Crippen molar-refractivity contribution in [3.63, 3.8) is 0 Å².